The number of hydrogen-bond acceptors (Lipinski definition) is 2. The van der Waals surface area contributed by atoms with Crippen LogP contribution in [0.3, 0.4) is 0 Å². The summed E-state index contributed by atoms with van der Waals surface area (Å²) >= 11 is 3.10. The fourth-order valence-corrected chi connectivity index (χ4v) is 2.62. The second kappa shape index (κ2) is 6.66. The number of hydrogen-bond donors (Lipinski definition) is 1. The maximum Gasteiger partial charge on any atom is 0.416 e. The Morgan fingerprint density at radius 2 is 2.05 bits per heavy atom. The summed E-state index contributed by atoms with van der Waals surface area (Å²) < 4.78 is 45.1. The molecule has 0 aliphatic carbocycles. The van der Waals surface area contributed by atoms with Crippen LogP contribution in [0, 0.1) is 0 Å². The molecular weight excluding hydrogens is 347 g/mol. The van der Waals surface area contributed by atoms with Gasteiger partial charge >= 0.3 is 6.18 Å². The first-order chi connectivity index (χ1) is 9.91. The molecule has 0 radical (unpaired) electrons. The first kappa shape index (κ1) is 16.1. The molecular formula is C15H15BrF3NO. The molecule has 114 valence electrons. The second-order valence-corrected chi connectivity index (χ2v) is 5.59. The molecule has 1 aromatic heterocycles. The number of nitrogens with one attached hydrogen (secondary N) is 1. The molecule has 0 spiro atoms. The third-order valence-corrected chi connectivity index (χ3v) is 3.66. The molecule has 6 heteroatoms. The maximum absolute atomic E-state index is 13.2. The van der Waals surface area contributed by atoms with Crippen LogP contribution in [-0.4, -0.2) is 6.54 Å². The number of alkyl halides is 3. The van der Waals surface area contributed by atoms with Gasteiger partial charge in [0.15, 0.2) is 0 Å². The van der Waals surface area contributed by atoms with Gasteiger partial charge < -0.3 is 9.73 Å². The smallest absolute Gasteiger partial charge is 0.416 e. The van der Waals surface area contributed by atoms with Gasteiger partial charge in [-0.25, -0.2) is 0 Å². The van der Waals surface area contributed by atoms with Crippen LogP contribution < -0.4 is 5.32 Å². The van der Waals surface area contributed by atoms with Crippen molar-refractivity contribution in [2.75, 3.05) is 6.54 Å². The van der Waals surface area contributed by atoms with Gasteiger partial charge in [-0.3, -0.25) is 0 Å². The summed E-state index contributed by atoms with van der Waals surface area (Å²) in [5.41, 5.74) is 0.483. The quantitative estimate of drug-likeness (QED) is 0.814. The van der Waals surface area contributed by atoms with Gasteiger partial charge in [-0.15, -0.1) is 0 Å². The minimum Gasteiger partial charge on any atom is -0.472 e. The molecule has 2 rings (SSSR count). The molecule has 0 saturated carbocycles. The fourth-order valence-electron chi connectivity index (χ4n) is 2.26. The number of rotatable bonds is 5. The third kappa shape index (κ3) is 4.11. The van der Waals surface area contributed by atoms with E-state index in [9.17, 15) is 13.2 Å². The Morgan fingerprint density at radius 3 is 2.62 bits per heavy atom. The van der Waals surface area contributed by atoms with E-state index in [2.05, 4.69) is 21.2 Å². The highest BCUT2D eigenvalue weighted by Gasteiger charge is 2.35. The zero-order valence-corrected chi connectivity index (χ0v) is 13.0. The molecule has 1 unspecified atom stereocenters. The predicted molar refractivity (Wildman–Crippen MR) is 78.0 cm³/mol. The topological polar surface area (TPSA) is 25.2 Å². The van der Waals surface area contributed by atoms with Gasteiger partial charge in [0.05, 0.1) is 18.1 Å². The molecule has 2 nitrogen and oxygen atoms in total. The van der Waals surface area contributed by atoms with Crippen molar-refractivity contribution < 1.29 is 17.6 Å². The molecule has 0 aliphatic heterocycles. The Morgan fingerprint density at radius 1 is 1.29 bits per heavy atom. The van der Waals surface area contributed by atoms with Gasteiger partial charge in [0, 0.05) is 10.5 Å². The van der Waals surface area contributed by atoms with E-state index >= 15 is 0 Å². The zero-order valence-electron chi connectivity index (χ0n) is 11.4. The highest BCUT2D eigenvalue weighted by molar-refractivity contribution is 9.10. The van der Waals surface area contributed by atoms with Crippen molar-refractivity contribution in [1.29, 1.82) is 0 Å². The van der Waals surface area contributed by atoms with Crippen molar-refractivity contribution >= 4 is 15.9 Å². The Balaban J connectivity index is 2.40. The Hall–Kier alpha value is -1.27. The van der Waals surface area contributed by atoms with Crippen LogP contribution in [0.2, 0.25) is 0 Å². The summed E-state index contributed by atoms with van der Waals surface area (Å²) in [6.07, 6.45) is -0.876. The molecule has 0 fully saturated rings. The fraction of sp³-hybridized carbons (Fsp3) is 0.333. The van der Waals surface area contributed by atoms with E-state index in [-0.39, 0.29) is 5.56 Å². The van der Waals surface area contributed by atoms with E-state index in [4.69, 9.17) is 4.42 Å². The molecule has 1 aromatic carbocycles. The minimum atomic E-state index is -4.39. The normalized spacial score (nSPS) is 13.4. The molecule has 0 amide bonds. The zero-order chi connectivity index (χ0) is 15.5. The summed E-state index contributed by atoms with van der Waals surface area (Å²) in [5.74, 6) is 0. The summed E-state index contributed by atoms with van der Waals surface area (Å²) in [5, 5.41) is 3.11. The van der Waals surface area contributed by atoms with Gasteiger partial charge in [0.25, 0.3) is 0 Å². The largest absolute Gasteiger partial charge is 0.472 e. The van der Waals surface area contributed by atoms with Gasteiger partial charge in [-0.1, -0.05) is 28.9 Å². The van der Waals surface area contributed by atoms with E-state index in [1.807, 2.05) is 6.92 Å². The lowest BCUT2D eigenvalue weighted by atomic mass is 9.95. The van der Waals surface area contributed by atoms with Crippen LogP contribution in [0.25, 0.3) is 0 Å². The maximum atomic E-state index is 13.2. The predicted octanol–water partition coefficient (Wildman–Crippen LogP) is 4.95. The molecule has 1 heterocycles. The van der Waals surface area contributed by atoms with Crippen LogP contribution in [0.5, 0.6) is 0 Å². The number of furan rings is 1. The van der Waals surface area contributed by atoms with Crippen LogP contribution in [0.4, 0.5) is 13.2 Å². The Kier molecular flexibility index (Phi) is 5.11. The molecule has 2 aromatic rings. The van der Waals surface area contributed by atoms with Crippen molar-refractivity contribution in [1.82, 2.24) is 5.32 Å². The van der Waals surface area contributed by atoms with Crippen molar-refractivity contribution in [2.45, 2.75) is 25.6 Å². The van der Waals surface area contributed by atoms with Crippen LogP contribution >= 0.6 is 15.9 Å². The minimum absolute atomic E-state index is 0.244. The van der Waals surface area contributed by atoms with Crippen LogP contribution in [0.15, 0.2) is 45.7 Å². The Bertz CT molecular complexity index is 581. The van der Waals surface area contributed by atoms with E-state index in [1.165, 1.54) is 12.3 Å². The van der Waals surface area contributed by atoms with Crippen LogP contribution in [-0.2, 0) is 12.6 Å². The molecule has 0 saturated heterocycles. The van der Waals surface area contributed by atoms with E-state index in [1.54, 1.807) is 18.4 Å². The highest BCUT2D eigenvalue weighted by atomic mass is 79.9. The third-order valence-electron chi connectivity index (χ3n) is 3.17. The van der Waals surface area contributed by atoms with Crippen molar-refractivity contribution in [3.63, 3.8) is 0 Å². The first-order valence-corrected chi connectivity index (χ1v) is 7.32. The monoisotopic (exact) mass is 361 g/mol. The van der Waals surface area contributed by atoms with Crippen molar-refractivity contribution in [2.24, 2.45) is 0 Å². The summed E-state index contributed by atoms with van der Waals surface area (Å²) in [6.45, 7) is 2.45. The molecule has 1 N–H and O–H groups in total. The molecule has 21 heavy (non-hydrogen) atoms. The first-order valence-electron chi connectivity index (χ1n) is 6.53. The summed E-state index contributed by atoms with van der Waals surface area (Å²) in [7, 11) is 0. The standard InChI is InChI=1S/C15H15BrF3NO/c1-2-20-14(7-10-5-6-21-9-10)12-4-3-11(16)8-13(12)15(17,18)19/h3-6,8-9,14,20H,2,7H2,1H3. The molecule has 1 atom stereocenters. The summed E-state index contributed by atoms with van der Waals surface area (Å²) in [4.78, 5) is 0. The average Bonchev–Trinajstić information content (AvgIpc) is 2.90. The molecule has 0 aliphatic rings. The van der Waals surface area contributed by atoms with E-state index in [0.717, 1.165) is 11.6 Å². The van der Waals surface area contributed by atoms with Crippen molar-refractivity contribution in [3.8, 4) is 0 Å². The molecule has 0 bridgehead atoms. The Labute approximate surface area is 129 Å². The lowest BCUT2D eigenvalue weighted by Crippen LogP contribution is -2.25. The van der Waals surface area contributed by atoms with Gasteiger partial charge in [-0.2, -0.15) is 13.2 Å². The average molecular weight is 362 g/mol. The van der Waals surface area contributed by atoms with Crippen LogP contribution in [0.1, 0.15) is 29.7 Å². The van der Waals surface area contributed by atoms with Crippen molar-refractivity contribution in [3.05, 3.63) is 58.0 Å². The number of halogens is 4. The van der Waals surface area contributed by atoms with E-state index in [0.29, 0.717) is 17.4 Å². The highest BCUT2D eigenvalue weighted by Crippen LogP contribution is 2.37. The van der Waals surface area contributed by atoms with Gasteiger partial charge in [0.1, 0.15) is 0 Å². The second-order valence-electron chi connectivity index (χ2n) is 4.68. The van der Waals surface area contributed by atoms with E-state index < -0.39 is 17.8 Å². The number of likely N-dealkylation sites (N-methyl/N-ethyl adjacent to an activating group) is 1. The number of benzene rings is 1. The SMILES string of the molecule is CCNC(Cc1ccoc1)c1ccc(Br)cc1C(F)(F)F. The van der Waals surface area contributed by atoms with Gasteiger partial charge in [0.2, 0.25) is 0 Å². The summed E-state index contributed by atoms with van der Waals surface area (Å²) in [6, 6.07) is 5.60. The lowest BCUT2D eigenvalue weighted by molar-refractivity contribution is -0.138. The van der Waals surface area contributed by atoms with Gasteiger partial charge in [-0.05, 0) is 42.3 Å². The lowest BCUT2D eigenvalue weighted by Gasteiger charge is -2.22.